The summed E-state index contributed by atoms with van der Waals surface area (Å²) in [5.74, 6) is -0.533. The summed E-state index contributed by atoms with van der Waals surface area (Å²) in [5, 5.41) is 10.7. The van der Waals surface area contributed by atoms with Crippen molar-refractivity contribution in [3.8, 4) is 5.75 Å². The number of hydrogen-bond donors (Lipinski definition) is 1. The van der Waals surface area contributed by atoms with Gasteiger partial charge in [-0.05, 0) is 75.3 Å². The minimum absolute atomic E-state index is 0. The molecule has 0 atom stereocenters. The van der Waals surface area contributed by atoms with E-state index in [1.54, 1.807) is 31.3 Å². The first-order valence-electron chi connectivity index (χ1n) is 7.02. The zero-order valence-corrected chi connectivity index (χ0v) is 20.3. The van der Waals surface area contributed by atoms with E-state index < -0.39 is 10.4 Å². The standard InChI is InChI=1S/C15H13Br2N3O5S.Na/c1-18-8-19-20-10-4-2-9(3-5-10)15(21)14-12(16)6-11(7-13(14)17)25-26(22,23)24;/h2-7,18H,8H2,1H3,(H,22,23,24);/q;+1/p-1. The Balaban J connectivity index is 0.00000364. The maximum absolute atomic E-state index is 12.7. The number of carbonyl (C=O) groups is 1. The van der Waals surface area contributed by atoms with Crippen molar-refractivity contribution in [2.45, 2.75) is 0 Å². The number of nitrogens with one attached hydrogen (secondary N) is 1. The van der Waals surface area contributed by atoms with Crippen molar-refractivity contribution >= 4 is 53.7 Å². The number of azo groups is 1. The van der Waals surface area contributed by atoms with Crippen LogP contribution in [0.2, 0.25) is 0 Å². The molecule has 2 aromatic carbocycles. The smallest absolute Gasteiger partial charge is 0.716 e. The van der Waals surface area contributed by atoms with Crippen LogP contribution in [0.15, 0.2) is 55.6 Å². The summed E-state index contributed by atoms with van der Waals surface area (Å²) in [5.41, 5.74) is 1.24. The first-order chi connectivity index (χ1) is 12.2. The monoisotopic (exact) mass is 527 g/mol. The molecular weight excluding hydrogens is 517 g/mol. The van der Waals surface area contributed by atoms with E-state index in [0.29, 0.717) is 17.9 Å². The minimum atomic E-state index is -4.91. The molecule has 0 heterocycles. The van der Waals surface area contributed by atoms with Crippen molar-refractivity contribution in [1.29, 1.82) is 0 Å². The fraction of sp³-hybridized carbons (Fsp3) is 0.133. The van der Waals surface area contributed by atoms with Gasteiger partial charge in [-0.15, -0.1) is 0 Å². The van der Waals surface area contributed by atoms with Crippen LogP contribution in [-0.2, 0) is 10.4 Å². The molecule has 1 N–H and O–H groups in total. The second-order valence-electron chi connectivity index (χ2n) is 4.88. The summed E-state index contributed by atoms with van der Waals surface area (Å²) in [6.45, 7) is 0.383. The maximum Gasteiger partial charge on any atom is 1.00 e. The van der Waals surface area contributed by atoms with E-state index in [1.165, 1.54) is 12.1 Å². The van der Waals surface area contributed by atoms with Crippen molar-refractivity contribution in [1.82, 2.24) is 5.32 Å². The molecule has 0 aliphatic rings. The Morgan fingerprint density at radius 2 is 1.74 bits per heavy atom. The SMILES string of the molecule is CNCN=Nc1ccc(C(=O)c2c(Br)cc(OS(=O)(=O)[O-])cc2Br)cc1.[Na+]. The van der Waals surface area contributed by atoms with Gasteiger partial charge in [0, 0.05) is 14.5 Å². The zero-order valence-electron chi connectivity index (χ0n) is 14.3. The first-order valence-corrected chi connectivity index (χ1v) is 9.94. The summed E-state index contributed by atoms with van der Waals surface area (Å²) in [4.78, 5) is 12.7. The fourth-order valence-electron chi connectivity index (χ4n) is 1.94. The van der Waals surface area contributed by atoms with Gasteiger partial charge in [-0.1, -0.05) is 0 Å². The van der Waals surface area contributed by atoms with Gasteiger partial charge in [0.05, 0.1) is 11.3 Å². The predicted molar refractivity (Wildman–Crippen MR) is 100 cm³/mol. The second kappa shape index (κ2) is 10.8. The van der Waals surface area contributed by atoms with Crippen molar-refractivity contribution in [2.24, 2.45) is 10.2 Å². The summed E-state index contributed by atoms with van der Waals surface area (Å²) >= 11 is 6.38. The number of carbonyl (C=O) groups excluding carboxylic acids is 1. The van der Waals surface area contributed by atoms with Gasteiger partial charge >= 0.3 is 29.6 Å². The van der Waals surface area contributed by atoms with E-state index in [0.717, 1.165) is 0 Å². The van der Waals surface area contributed by atoms with E-state index in [2.05, 4.69) is 51.6 Å². The third kappa shape index (κ3) is 7.35. The molecule has 0 amide bonds. The molecule has 0 spiro atoms. The van der Waals surface area contributed by atoms with Gasteiger partial charge in [0.15, 0.2) is 5.78 Å². The van der Waals surface area contributed by atoms with Crippen molar-refractivity contribution in [3.63, 3.8) is 0 Å². The van der Waals surface area contributed by atoms with Gasteiger partial charge in [0.2, 0.25) is 0 Å². The third-order valence-electron chi connectivity index (χ3n) is 2.99. The molecule has 0 aromatic heterocycles. The minimum Gasteiger partial charge on any atom is -0.716 e. The van der Waals surface area contributed by atoms with Gasteiger partial charge in [-0.25, -0.2) is 8.42 Å². The Labute approximate surface area is 195 Å². The Bertz CT molecular complexity index is 929. The number of ketones is 1. The molecule has 2 rings (SSSR count). The molecule has 0 aliphatic carbocycles. The fourth-order valence-corrected chi connectivity index (χ4v) is 3.78. The summed E-state index contributed by atoms with van der Waals surface area (Å²) in [6, 6.07) is 8.95. The van der Waals surface area contributed by atoms with Crippen LogP contribution < -0.4 is 39.1 Å². The number of halogens is 2. The Morgan fingerprint density at radius 3 is 2.22 bits per heavy atom. The summed E-state index contributed by atoms with van der Waals surface area (Å²) < 4.78 is 36.9. The molecule has 0 saturated heterocycles. The molecule has 8 nitrogen and oxygen atoms in total. The van der Waals surface area contributed by atoms with Crippen LogP contribution in [0, 0.1) is 0 Å². The van der Waals surface area contributed by atoms with Crippen molar-refractivity contribution in [3.05, 3.63) is 56.5 Å². The molecule has 2 aromatic rings. The summed E-state index contributed by atoms with van der Waals surface area (Å²) in [7, 11) is -3.16. The molecule has 0 radical (unpaired) electrons. The largest absolute Gasteiger partial charge is 1.00 e. The second-order valence-corrected chi connectivity index (χ2v) is 7.57. The quantitative estimate of drug-likeness (QED) is 0.184. The van der Waals surface area contributed by atoms with Crippen LogP contribution >= 0.6 is 31.9 Å². The number of hydrogen-bond acceptors (Lipinski definition) is 8. The van der Waals surface area contributed by atoms with E-state index >= 15 is 0 Å². The van der Waals surface area contributed by atoms with Gasteiger partial charge in [-0.3, -0.25) is 10.1 Å². The topological polar surface area (TPSA) is 120 Å². The van der Waals surface area contributed by atoms with E-state index in [9.17, 15) is 17.8 Å². The molecular formula is C15H12Br2N3NaO5S. The Kier molecular flexibility index (Phi) is 9.72. The maximum atomic E-state index is 12.7. The molecule has 0 unspecified atom stereocenters. The molecule has 0 saturated carbocycles. The third-order valence-corrected chi connectivity index (χ3v) is 4.63. The van der Waals surface area contributed by atoms with Crippen molar-refractivity contribution in [2.75, 3.05) is 13.7 Å². The van der Waals surface area contributed by atoms with Crippen LogP contribution in [0.25, 0.3) is 0 Å². The average molecular weight is 529 g/mol. The van der Waals surface area contributed by atoms with E-state index in [1.807, 2.05) is 0 Å². The van der Waals surface area contributed by atoms with Gasteiger partial charge in [0.1, 0.15) is 12.4 Å². The van der Waals surface area contributed by atoms with E-state index in [4.69, 9.17) is 0 Å². The zero-order chi connectivity index (χ0) is 19.3. The van der Waals surface area contributed by atoms with Crippen LogP contribution in [-0.4, -0.2) is 32.5 Å². The molecule has 0 fully saturated rings. The molecule has 138 valence electrons. The van der Waals surface area contributed by atoms with Crippen LogP contribution in [0.5, 0.6) is 5.75 Å². The number of benzene rings is 2. The van der Waals surface area contributed by atoms with E-state index in [-0.39, 0.29) is 55.6 Å². The molecule has 0 aliphatic heterocycles. The number of nitrogens with zero attached hydrogens (tertiary/aromatic N) is 2. The molecule has 0 bridgehead atoms. The normalized spacial score (nSPS) is 11.3. The molecule has 27 heavy (non-hydrogen) atoms. The average Bonchev–Trinajstić information content (AvgIpc) is 2.53. The van der Waals surface area contributed by atoms with Crippen LogP contribution in [0.4, 0.5) is 5.69 Å². The van der Waals surface area contributed by atoms with Crippen molar-refractivity contribution < 1.29 is 51.5 Å². The van der Waals surface area contributed by atoms with Gasteiger partial charge in [-0.2, -0.15) is 10.2 Å². The number of rotatable bonds is 7. The predicted octanol–water partition coefficient (Wildman–Crippen LogP) is 0.546. The van der Waals surface area contributed by atoms with Gasteiger partial charge < -0.3 is 8.74 Å². The first kappa shape index (κ1) is 24.4. The van der Waals surface area contributed by atoms with Crippen LogP contribution in [0.3, 0.4) is 0 Å². The Hall–Kier alpha value is -0.660. The van der Waals surface area contributed by atoms with Gasteiger partial charge in [0.25, 0.3) is 10.4 Å². The summed E-state index contributed by atoms with van der Waals surface area (Å²) in [6.07, 6.45) is 0. The van der Waals surface area contributed by atoms with Crippen LogP contribution in [0.1, 0.15) is 15.9 Å². The molecule has 12 heteroatoms. The Morgan fingerprint density at radius 1 is 1.19 bits per heavy atom.